The molecule has 0 saturated carbocycles. The van der Waals surface area contributed by atoms with E-state index in [0.29, 0.717) is 12.5 Å². The molecular formula is C16H25N3O. The number of carbonyl (C=O) groups is 1. The largest absolute Gasteiger partial charge is 0.355 e. The average Bonchev–Trinajstić information content (AvgIpc) is 2.65. The quantitative estimate of drug-likeness (QED) is 0.765. The van der Waals surface area contributed by atoms with Crippen LogP contribution in [0.5, 0.6) is 0 Å². The smallest absolute Gasteiger partial charge is 0.233 e. The van der Waals surface area contributed by atoms with Gasteiger partial charge in [0.15, 0.2) is 0 Å². The summed E-state index contributed by atoms with van der Waals surface area (Å²) in [5.74, 6) is 0.565. The van der Waals surface area contributed by atoms with E-state index < -0.39 is 0 Å². The maximum absolute atomic E-state index is 11.8. The topological polar surface area (TPSA) is 53.2 Å². The Morgan fingerprint density at radius 1 is 1.40 bits per heavy atom. The van der Waals surface area contributed by atoms with Crippen LogP contribution in [0.3, 0.4) is 0 Å². The molecule has 110 valence electrons. The Kier molecular flexibility index (Phi) is 5.56. The minimum Gasteiger partial charge on any atom is -0.355 e. The van der Waals surface area contributed by atoms with Crippen LogP contribution in [-0.4, -0.2) is 25.5 Å². The molecule has 20 heavy (non-hydrogen) atoms. The fourth-order valence-electron chi connectivity index (χ4n) is 2.47. The zero-order valence-electron chi connectivity index (χ0n) is 12.4. The normalized spacial score (nSPS) is 18.4. The van der Waals surface area contributed by atoms with Crippen LogP contribution >= 0.6 is 0 Å². The van der Waals surface area contributed by atoms with Gasteiger partial charge < -0.3 is 16.0 Å². The molecule has 3 N–H and O–H groups in total. The maximum atomic E-state index is 11.8. The van der Waals surface area contributed by atoms with Gasteiger partial charge in [0, 0.05) is 19.1 Å². The van der Waals surface area contributed by atoms with Crippen LogP contribution < -0.4 is 16.0 Å². The first-order valence-electron chi connectivity index (χ1n) is 7.45. The molecule has 4 nitrogen and oxygen atoms in total. The van der Waals surface area contributed by atoms with Crippen molar-refractivity contribution in [2.24, 2.45) is 5.92 Å². The van der Waals surface area contributed by atoms with E-state index in [9.17, 15) is 4.79 Å². The third-order valence-electron chi connectivity index (χ3n) is 3.57. The van der Waals surface area contributed by atoms with Crippen LogP contribution in [0.15, 0.2) is 24.3 Å². The van der Waals surface area contributed by atoms with Crippen LogP contribution in [0.25, 0.3) is 0 Å². The summed E-state index contributed by atoms with van der Waals surface area (Å²) in [5, 5.41) is 9.75. The molecule has 0 aromatic heterocycles. The second-order valence-corrected chi connectivity index (χ2v) is 5.80. The second kappa shape index (κ2) is 7.41. The van der Waals surface area contributed by atoms with Gasteiger partial charge in [-0.2, -0.15) is 0 Å². The van der Waals surface area contributed by atoms with Gasteiger partial charge in [-0.05, 0) is 30.0 Å². The molecule has 0 bridgehead atoms. The molecular weight excluding hydrogens is 250 g/mol. The van der Waals surface area contributed by atoms with E-state index in [0.717, 1.165) is 26.1 Å². The summed E-state index contributed by atoms with van der Waals surface area (Å²) in [6.07, 6.45) is 1.01. The molecule has 1 aromatic rings. The molecule has 2 rings (SSSR count). The Hall–Kier alpha value is -1.39. The lowest BCUT2D eigenvalue weighted by Crippen LogP contribution is -2.37. The summed E-state index contributed by atoms with van der Waals surface area (Å²) in [7, 11) is 0. The number of rotatable bonds is 5. The summed E-state index contributed by atoms with van der Waals surface area (Å²) in [6.45, 7) is 7.20. The summed E-state index contributed by atoms with van der Waals surface area (Å²) in [6, 6.07) is 8.70. The number of amides is 1. The van der Waals surface area contributed by atoms with Crippen molar-refractivity contribution in [2.75, 3.05) is 19.6 Å². The van der Waals surface area contributed by atoms with Gasteiger partial charge in [-0.15, -0.1) is 0 Å². The maximum Gasteiger partial charge on any atom is 0.233 e. The molecule has 0 fully saturated rings. The van der Waals surface area contributed by atoms with E-state index in [1.54, 1.807) is 0 Å². The third kappa shape index (κ3) is 4.32. The number of fused-ring (bicyclic) bond motifs is 1. The minimum absolute atomic E-state index is 0.0772. The van der Waals surface area contributed by atoms with Gasteiger partial charge in [-0.25, -0.2) is 0 Å². The fraction of sp³-hybridized carbons (Fsp3) is 0.562. The highest BCUT2D eigenvalue weighted by atomic mass is 16.1. The van der Waals surface area contributed by atoms with Crippen molar-refractivity contribution < 1.29 is 4.79 Å². The summed E-state index contributed by atoms with van der Waals surface area (Å²) in [4.78, 5) is 11.8. The van der Waals surface area contributed by atoms with E-state index >= 15 is 0 Å². The first-order chi connectivity index (χ1) is 9.66. The molecule has 1 atom stereocenters. The fourth-order valence-corrected chi connectivity index (χ4v) is 2.47. The lowest BCUT2D eigenvalue weighted by Gasteiger charge is -2.19. The zero-order chi connectivity index (χ0) is 14.4. The Labute approximate surface area is 121 Å². The molecule has 1 aliphatic heterocycles. The molecule has 1 heterocycles. The first-order valence-corrected chi connectivity index (χ1v) is 7.45. The predicted molar refractivity (Wildman–Crippen MR) is 81.4 cm³/mol. The van der Waals surface area contributed by atoms with E-state index in [4.69, 9.17) is 0 Å². The second-order valence-electron chi connectivity index (χ2n) is 5.80. The summed E-state index contributed by atoms with van der Waals surface area (Å²) in [5.41, 5.74) is 2.64. The predicted octanol–water partition coefficient (Wildman–Crippen LogP) is 1.58. The molecule has 1 aliphatic rings. The van der Waals surface area contributed by atoms with Crippen LogP contribution in [0, 0.1) is 5.92 Å². The van der Waals surface area contributed by atoms with Gasteiger partial charge in [0.25, 0.3) is 0 Å². The van der Waals surface area contributed by atoms with Crippen molar-refractivity contribution in [3.63, 3.8) is 0 Å². The van der Waals surface area contributed by atoms with Gasteiger partial charge in [0.2, 0.25) is 5.91 Å². The third-order valence-corrected chi connectivity index (χ3v) is 3.57. The Morgan fingerprint density at radius 2 is 2.20 bits per heavy atom. The van der Waals surface area contributed by atoms with Crippen LogP contribution in [-0.2, 0) is 11.3 Å². The van der Waals surface area contributed by atoms with E-state index in [2.05, 4.69) is 54.1 Å². The molecule has 4 heteroatoms. The average molecular weight is 275 g/mol. The van der Waals surface area contributed by atoms with Crippen molar-refractivity contribution in [3.8, 4) is 0 Å². The SMILES string of the molecule is CC(C)CNC(=O)CNC1CCNCc2ccccc21. The molecule has 1 aromatic carbocycles. The van der Waals surface area contributed by atoms with E-state index in [1.807, 2.05) is 0 Å². The molecule has 1 unspecified atom stereocenters. The highest BCUT2D eigenvalue weighted by Crippen LogP contribution is 2.23. The standard InChI is InChI=1S/C16H25N3O/c1-12(2)9-19-16(20)11-18-15-7-8-17-10-13-5-3-4-6-14(13)15/h3-6,12,15,17-18H,7-11H2,1-2H3,(H,19,20). The summed E-state index contributed by atoms with van der Waals surface area (Å²) >= 11 is 0. The van der Waals surface area contributed by atoms with Gasteiger partial charge in [-0.1, -0.05) is 38.1 Å². The van der Waals surface area contributed by atoms with Crippen molar-refractivity contribution in [3.05, 3.63) is 35.4 Å². The van der Waals surface area contributed by atoms with Gasteiger partial charge in [0.05, 0.1) is 6.54 Å². The highest BCUT2D eigenvalue weighted by Gasteiger charge is 2.18. The molecule has 0 saturated heterocycles. The van der Waals surface area contributed by atoms with Gasteiger partial charge >= 0.3 is 0 Å². The molecule has 0 radical (unpaired) electrons. The van der Waals surface area contributed by atoms with Crippen molar-refractivity contribution in [2.45, 2.75) is 32.9 Å². The van der Waals surface area contributed by atoms with E-state index in [-0.39, 0.29) is 11.9 Å². The number of carbonyl (C=O) groups excluding carboxylic acids is 1. The lowest BCUT2D eigenvalue weighted by atomic mass is 9.99. The van der Waals surface area contributed by atoms with E-state index in [1.165, 1.54) is 11.1 Å². The minimum atomic E-state index is 0.0772. The lowest BCUT2D eigenvalue weighted by molar-refractivity contribution is -0.120. The van der Waals surface area contributed by atoms with Crippen LogP contribution in [0.2, 0.25) is 0 Å². The number of hydrogen-bond donors (Lipinski definition) is 3. The van der Waals surface area contributed by atoms with Crippen LogP contribution in [0.1, 0.15) is 37.4 Å². The molecule has 1 amide bonds. The Bertz CT molecular complexity index is 445. The number of hydrogen-bond acceptors (Lipinski definition) is 3. The Morgan fingerprint density at radius 3 is 3.00 bits per heavy atom. The van der Waals surface area contributed by atoms with Crippen molar-refractivity contribution in [1.29, 1.82) is 0 Å². The zero-order valence-corrected chi connectivity index (χ0v) is 12.4. The van der Waals surface area contributed by atoms with Gasteiger partial charge in [0.1, 0.15) is 0 Å². The number of benzene rings is 1. The molecule has 0 spiro atoms. The summed E-state index contributed by atoms with van der Waals surface area (Å²) < 4.78 is 0. The monoisotopic (exact) mass is 275 g/mol. The molecule has 0 aliphatic carbocycles. The van der Waals surface area contributed by atoms with Crippen LogP contribution in [0.4, 0.5) is 0 Å². The highest BCUT2D eigenvalue weighted by molar-refractivity contribution is 5.78. The van der Waals surface area contributed by atoms with Crippen molar-refractivity contribution >= 4 is 5.91 Å². The number of nitrogens with one attached hydrogen (secondary N) is 3. The first kappa shape index (κ1) is 15.0. The van der Waals surface area contributed by atoms with Gasteiger partial charge in [-0.3, -0.25) is 4.79 Å². The van der Waals surface area contributed by atoms with Crippen molar-refractivity contribution in [1.82, 2.24) is 16.0 Å². The Balaban J connectivity index is 1.91.